The van der Waals surface area contributed by atoms with Crippen molar-refractivity contribution in [3.63, 3.8) is 0 Å². The summed E-state index contributed by atoms with van der Waals surface area (Å²) in [7, 11) is 0. The van der Waals surface area contributed by atoms with Crippen LogP contribution in [0.5, 0.6) is 0 Å². The maximum absolute atomic E-state index is 8.68. The van der Waals surface area contributed by atoms with E-state index in [9.17, 15) is 0 Å². The zero-order valence-corrected chi connectivity index (χ0v) is 30.6. The third kappa shape index (κ3) is 4.69. The van der Waals surface area contributed by atoms with Crippen LogP contribution in [-0.2, 0) is 5.41 Å². The summed E-state index contributed by atoms with van der Waals surface area (Å²) in [5.74, 6) is -0.120. The lowest BCUT2D eigenvalue weighted by Crippen LogP contribution is -2.29. The Labute approximate surface area is 317 Å². The lowest BCUT2D eigenvalue weighted by atomic mass is 9.82. The van der Waals surface area contributed by atoms with Crippen molar-refractivity contribution in [3.05, 3.63) is 193 Å². The molecule has 1 aliphatic heterocycles. The predicted octanol–water partition coefficient (Wildman–Crippen LogP) is 13.7. The molecule has 1 N–H and O–H groups in total. The quantitative estimate of drug-likeness (QED) is 0.105. The van der Waals surface area contributed by atoms with Crippen molar-refractivity contribution in [2.75, 3.05) is 4.90 Å². The van der Waals surface area contributed by atoms with E-state index in [4.69, 9.17) is 5.41 Å². The Morgan fingerprint density at radius 2 is 1.11 bits per heavy atom. The van der Waals surface area contributed by atoms with E-state index in [2.05, 4.69) is 189 Å². The Kier molecular flexibility index (Phi) is 7.32. The minimum Gasteiger partial charge on any atom is -0.333 e. The van der Waals surface area contributed by atoms with E-state index in [1.54, 1.807) is 6.21 Å². The van der Waals surface area contributed by atoms with Crippen LogP contribution in [0.1, 0.15) is 36.5 Å². The molecule has 2 atom stereocenters. The third-order valence-electron chi connectivity index (χ3n) is 12.1. The fourth-order valence-electron chi connectivity index (χ4n) is 9.51. The van der Waals surface area contributed by atoms with E-state index >= 15 is 0 Å². The summed E-state index contributed by atoms with van der Waals surface area (Å²) in [6.45, 7) is 8.96. The Balaban J connectivity index is 1.15. The first kappa shape index (κ1) is 32.2. The second-order valence-corrected chi connectivity index (χ2v) is 15.3. The maximum Gasteiger partial charge on any atom is 0.0638 e. The van der Waals surface area contributed by atoms with Crippen LogP contribution in [0, 0.1) is 5.41 Å². The zero-order chi connectivity index (χ0) is 36.6. The van der Waals surface area contributed by atoms with Gasteiger partial charge in [0.15, 0.2) is 0 Å². The highest BCUT2D eigenvalue weighted by Crippen LogP contribution is 2.53. The maximum atomic E-state index is 8.68. The fourth-order valence-corrected chi connectivity index (χ4v) is 9.51. The highest BCUT2D eigenvalue weighted by atomic mass is 15.2. The third-order valence-corrected chi connectivity index (χ3v) is 12.1. The Morgan fingerprint density at radius 1 is 0.537 bits per heavy atom. The Bertz CT molecular complexity index is 2790. The van der Waals surface area contributed by atoms with E-state index < -0.39 is 0 Å². The van der Waals surface area contributed by atoms with Crippen molar-refractivity contribution in [2.45, 2.75) is 31.2 Å². The van der Waals surface area contributed by atoms with Crippen LogP contribution in [0.25, 0.3) is 66.1 Å². The molecule has 0 saturated carbocycles. The van der Waals surface area contributed by atoms with Crippen LogP contribution in [-0.4, -0.2) is 12.3 Å². The van der Waals surface area contributed by atoms with Gasteiger partial charge >= 0.3 is 0 Å². The van der Waals surface area contributed by atoms with Gasteiger partial charge in [-0.15, -0.1) is 6.58 Å². The number of anilines is 2. The second kappa shape index (κ2) is 12.3. The number of fused-ring (bicyclic) bond motifs is 6. The molecule has 8 aromatic rings. The van der Waals surface area contributed by atoms with Gasteiger partial charge in [-0.2, -0.15) is 0 Å². The summed E-state index contributed by atoms with van der Waals surface area (Å²) in [4.78, 5) is 2.40. The first-order valence-electron chi connectivity index (χ1n) is 18.9. The minimum absolute atomic E-state index is 0.0706. The van der Waals surface area contributed by atoms with E-state index in [0.717, 1.165) is 28.1 Å². The normalized spacial score (nSPS) is 16.6. The van der Waals surface area contributed by atoms with Crippen LogP contribution in [0.2, 0.25) is 0 Å². The predicted molar refractivity (Wildman–Crippen MR) is 229 cm³/mol. The largest absolute Gasteiger partial charge is 0.333 e. The first-order valence-corrected chi connectivity index (χ1v) is 18.9. The number of hydrogen-bond donors (Lipinski definition) is 1. The molecule has 2 heteroatoms. The molecular weight excluding hydrogens is 653 g/mol. The van der Waals surface area contributed by atoms with Crippen molar-refractivity contribution < 1.29 is 0 Å². The van der Waals surface area contributed by atoms with E-state index in [0.29, 0.717) is 0 Å². The smallest absolute Gasteiger partial charge is 0.0638 e. The van der Waals surface area contributed by atoms with Gasteiger partial charge in [0.2, 0.25) is 0 Å². The number of rotatable bonds is 6. The molecule has 0 aromatic heterocycles. The van der Waals surface area contributed by atoms with Gasteiger partial charge in [-0.3, -0.25) is 0 Å². The molecule has 0 bridgehead atoms. The summed E-state index contributed by atoms with van der Waals surface area (Å²) in [5, 5.41) is 13.6. The summed E-state index contributed by atoms with van der Waals surface area (Å²) in [6.07, 6.45) is 3.62. The SMILES string of the molecule is C=CC1C(C=N)c2cc(-c3ccc4c(-c5ccccc5)c5ccccc5c(-c5ccccc5)c4c3)ccc2N1c1ccc2c(c1)C(C)(C)c1ccccc1-2. The molecule has 0 radical (unpaired) electrons. The number of benzene rings is 8. The summed E-state index contributed by atoms with van der Waals surface area (Å²) >= 11 is 0. The Hall–Kier alpha value is -6.51. The molecule has 54 heavy (non-hydrogen) atoms. The Morgan fingerprint density at radius 3 is 1.80 bits per heavy atom. The van der Waals surface area contributed by atoms with Crippen molar-refractivity contribution in [1.29, 1.82) is 5.41 Å². The molecule has 0 amide bonds. The van der Waals surface area contributed by atoms with Gasteiger partial charge in [0.25, 0.3) is 0 Å². The average Bonchev–Trinajstić information content (AvgIpc) is 3.67. The van der Waals surface area contributed by atoms with Crippen LogP contribution >= 0.6 is 0 Å². The monoisotopic (exact) mass is 692 g/mol. The number of nitrogens with zero attached hydrogens (tertiary/aromatic N) is 1. The first-order chi connectivity index (χ1) is 26.5. The molecule has 0 saturated heterocycles. The lowest BCUT2D eigenvalue weighted by molar-refractivity contribution is 0.659. The summed E-state index contributed by atoms with van der Waals surface area (Å²) in [6, 6.07) is 59.9. The van der Waals surface area contributed by atoms with Crippen LogP contribution in [0.4, 0.5) is 11.4 Å². The van der Waals surface area contributed by atoms with Crippen molar-refractivity contribution >= 4 is 39.1 Å². The molecule has 2 aliphatic rings. The molecule has 8 aromatic carbocycles. The zero-order valence-electron chi connectivity index (χ0n) is 30.6. The van der Waals surface area contributed by atoms with Crippen molar-refractivity contribution in [3.8, 4) is 44.5 Å². The van der Waals surface area contributed by atoms with Crippen LogP contribution in [0.15, 0.2) is 176 Å². The van der Waals surface area contributed by atoms with Gasteiger partial charge in [0.1, 0.15) is 0 Å². The van der Waals surface area contributed by atoms with Gasteiger partial charge in [0, 0.05) is 28.9 Å². The molecule has 0 spiro atoms. The topological polar surface area (TPSA) is 27.1 Å². The minimum atomic E-state index is -0.120. The standard InChI is InChI=1S/C52H40N2/c1-4-48-45(32-53)43-29-36(24-28-49(43)54(48)37-25-27-39-38-19-13-14-22-46(38)52(2,3)47(39)31-37)35-23-26-42-44(30-35)51(34-17-9-6-10-18-34)41-21-12-11-20-40(41)50(42)33-15-7-5-8-16-33/h4-32,45,48,53H,1H2,2-3H3. The molecule has 2 nitrogen and oxygen atoms in total. The molecular formula is C52H40N2. The van der Waals surface area contributed by atoms with Gasteiger partial charge in [-0.25, -0.2) is 0 Å². The summed E-state index contributed by atoms with van der Waals surface area (Å²) in [5.41, 5.74) is 15.9. The molecule has 1 aliphatic carbocycles. The van der Waals surface area contributed by atoms with E-state index in [1.807, 2.05) is 6.08 Å². The fraction of sp³-hybridized carbons (Fsp3) is 0.0962. The number of nitrogens with one attached hydrogen (secondary N) is 1. The lowest BCUT2D eigenvalue weighted by Gasteiger charge is -2.29. The van der Waals surface area contributed by atoms with Crippen LogP contribution < -0.4 is 4.90 Å². The van der Waals surface area contributed by atoms with Crippen LogP contribution in [0.3, 0.4) is 0 Å². The highest BCUT2D eigenvalue weighted by molar-refractivity contribution is 6.22. The molecule has 1 heterocycles. The number of hydrogen-bond acceptors (Lipinski definition) is 2. The molecule has 0 fully saturated rings. The molecule has 258 valence electrons. The van der Waals surface area contributed by atoms with Gasteiger partial charge in [-0.1, -0.05) is 153 Å². The average molecular weight is 693 g/mol. The van der Waals surface area contributed by atoms with Gasteiger partial charge < -0.3 is 10.3 Å². The van der Waals surface area contributed by atoms with Gasteiger partial charge in [0.05, 0.1) is 6.04 Å². The highest BCUT2D eigenvalue weighted by Gasteiger charge is 2.39. The molecule has 10 rings (SSSR count). The van der Waals surface area contributed by atoms with E-state index in [1.165, 1.54) is 66.1 Å². The second-order valence-electron chi connectivity index (χ2n) is 15.3. The van der Waals surface area contributed by atoms with Crippen molar-refractivity contribution in [1.82, 2.24) is 0 Å². The molecule has 2 unspecified atom stereocenters. The van der Waals surface area contributed by atoms with Crippen molar-refractivity contribution in [2.24, 2.45) is 0 Å². The van der Waals surface area contributed by atoms with E-state index in [-0.39, 0.29) is 17.4 Å². The van der Waals surface area contributed by atoms with Gasteiger partial charge in [-0.05, 0) is 113 Å². The summed E-state index contributed by atoms with van der Waals surface area (Å²) < 4.78 is 0.